The SMILES string of the molecule is Cc1ccc(NC(=O)c2c(C)ncnc2C)cc1. The molecule has 2 rings (SSSR count). The molecule has 4 heteroatoms. The zero-order valence-electron chi connectivity index (χ0n) is 10.7. The van der Waals surface area contributed by atoms with Crippen molar-refractivity contribution < 1.29 is 4.79 Å². The van der Waals surface area contributed by atoms with Gasteiger partial charge in [0.25, 0.3) is 5.91 Å². The minimum atomic E-state index is -0.172. The van der Waals surface area contributed by atoms with E-state index in [0.717, 1.165) is 11.3 Å². The Balaban J connectivity index is 2.25. The Hall–Kier alpha value is -2.23. The Morgan fingerprint density at radius 2 is 1.56 bits per heavy atom. The van der Waals surface area contributed by atoms with Crippen molar-refractivity contribution in [2.45, 2.75) is 20.8 Å². The van der Waals surface area contributed by atoms with Crippen molar-refractivity contribution in [1.29, 1.82) is 0 Å². The lowest BCUT2D eigenvalue weighted by atomic mass is 10.1. The van der Waals surface area contributed by atoms with E-state index >= 15 is 0 Å². The van der Waals surface area contributed by atoms with Crippen molar-refractivity contribution in [2.24, 2.45) is 0 Å². The van der Waals surface area contributed by atoms with E-state index in [1.165, 1.54) is 6.33 Å². The quantitative estimate of drug-likeness (QED) is 0.879. The van der Waals surface area contributed by atoms with Crippen molar-refractivity contribution >= 4 is 11.6 Å². The molecule has 0 aliphatic heterocycles. The number of aryl methyl sites for hydroxylation is 3. The maximum atomic E-state index is 12.1. The van der Waals surface area contributed by atoms with Crippen LogP contribution in [0.3, 0.4) is 0 Å². The molecule has 0 aliphatic carbocycles. The number of anilines is 1. The molecule has 0 aliphatic rings. The predicted octanol–water partition coefficient (Wildman–Crippen LogP) is 2.65. The van der Waals surface area contributed by atoms with Crippen LogP contribution in [0.1, 0.15) is 27.3 Å². The van der Waals surface area contributed by atoms with Crippen LogP contribution in [0.25, 0.3) is 0 Å². The van der Waals surface area contributed by atoms with Gasteiger partial charge in [0, 0.05) is 5.69 Å². The summed E-state index contributed by atoms with van der Waals surface area (Å²) in [6.45, 7) is 5.61. The largest absolute Gasteiger partial charge is 0.322 e. The highest BCUT2D eigenvalue weighted by Gasteiger charge is 2.13. The molecule has 0 bridgehead atoms. The number of carbonyl (C=O) groups is 1. The Morgan fingerprint density at radius 3 is 2.11 bits per heavy atom. The first kappa shape index (κ1) is 12.2. The van der Waals surface area contributed by atoms with Gasteiger partial charge in [-0.05, 0) is 32.9 Å². The van der Waals surface area contributed by atoms with Crippen LogP contribution in [-0.2, 0) is 0 Å². The van der Waals surface area contributed by atoms with E-state index in [9.17, 15) is 4.79 Å². The molecule has 0 radical (unpaired) electrons. The van der Waals surface area contributed by atoms with Gasteiger partial charge in [-0.3, -0.25) is 4.79 Å². The van der Waals surface area contributed by atoms with Gasteiger partial charge in [-0.15, -0.1) is 0 Å². The summed E-state index contributed by atoms with van der Waals surface area (Å²) in [6, 6.07) is 7.66. The smallest absolute Gasteiger partial charge is 0.259 e. The number of benzene rings is 1. The van der Waals surface area contributed by atoms with Crippen LogP contribution in [0.5, 0.6) is 0 Å². The zero-order valence-corrected chi connectivity index (χ0v) is 10.7. The van der Waals surface area contributed by atoms with Crippen molar-refractivity contribution in [3.8, 4) is 0 Å². The highest BCUT2D eigenvalue weighted by Crippen LogP contribution is 2.13. The summed E-state index contributed by atoms with van der Waals surface area (Å²) >= 11 is 0. The number of hydrogen-bond acceptors (Lipinski definition) is 3. The summed E-state index contributed by atoms with van der Waals surface area (Å²) in [5, 5.41) is 2.85. The highest BCUT2D eigenvalue weighted by molar-refractivity contribution is 6.05. The molecular weight excluding hydrogens is 226 g/mol. The fourth-order valence-electron chi connectivity index (χ4n) is 1.75. The van der Waals surface area contributed by atoms with E-state index in [0.29, 0.717) is 17.0 Å². The summed E-state index contributed by atoms with van der Waals surface area (Å²) in [6.07, 6.45) is 1.47. The molecule has 0 saturated carbocycles. The summed E-state index contributed by atoms with van der Waals surface area (Å²) in [7, 11) is 0. The average molecular weight is 241 g/mol. The topological polar surface area (TPSA) is 54.9 Å². The van der Waals surface area contributed by atoms with Gasteiger partial charge < -0.3 is 5.32 Å². The number of carbonyl (C=O) groups excluding carboxylic acids is 1. The lowest BCUT2D eigenvalue weighted by Crippen LogP contribution is -2.16. The molecular formula is C14H15N3O. The highest BCUT2D eigenvalue weighted by atomic mass is 16.1. The first-order chi connectivity index (χ1) is 8.58. The molecule has 0 spiro atoms. The third kappa shape index (κ3) is 2.53. The molecule has 1 aromatic heterocycles. The molecule has 0 atom stereocenters. The summed E-state index contributed by atoms with van der Waals surface area (Å²) in [5.74, 6) is -0.172. The average Bonchev–Trinajstić information content (AvgIpc) is 2.32. The maximum Gasteiger partial charge on any atom is 0.259 e. The number of nitrogens with zero attached hydrogens (tertiary/aromatic N) is 2. The van der Waals surface area contributed by atoms with E-state index < -0.39 is 0 Å². The maximum absolute atomic E-state index is 12.1. The minimum absolute atomic E-state index is 0.172. The lowest BCUT2D eigenvalue weighted by Gasteiger charge is -2.09. The summed E-state index contributed by atoms with van der Waals surface area (Å²) in [4.78, 5) is 20.2. The Kier molecular flexibility index (Phi) is 3.37. The minimum Gasteiger partial charge on any atom is -0.322 e. The fraction of sp³-hybridized carbons (Fsp3) is 0.214. The third-order valence-electron chi connectivity index (χ3n) is 2.76. The van der Waals surface area contributed by atoms with Gasteiger partial charge in [-0.2, -0.15) is 0 Å². The molecule has 0 unspecified atom stereocenters. The fourth-order valence-corrected chi connectivity index (χ4v) is 1.75. The Labute approximate surface area is 106 Å². The van der Waals surface area contributed by atoms with Gasteiger partial charge in [0.1, 0.15) is 6.33 Å². The van der Waals surface area contributed by atoms with Crippen LogP contribution in [-0.4, -0.2) is 15.9 Å². The van der Waals surface area contributed by atoms with E-state index in [4.69, 9.17) is 0 Å². The van der Waals surface area contributed by atoms with Gasteiger partial charge in [0.2, 0.25) is 0 Å². The molecule has 4 nitrogen and oxygen atoms in total. The molecule has 1 amide bonds. The van der Waals surface area contributed by atoms with E-state index in [2.05, 4.69) is 15.3 Å². The van der Waals surface area contributed by atoms with Crippen LogP contribution in [0.15, 0.2) is 30.6 Å². The van der Waals surface area contributed by atoms with Gasteiger partial charge in [-0.25, -0.2) is 9.97 Å². The van der Waals surface area contributed by atoms with E-state index in [1.807, 2.05) is 31.2 Å². The number of rotatable bonds is 2. The molecule has 0 fully saturated rings. The summed E-state index contributed by atoms with van der Waals surface area (Å²) in [5.41, 5.74) is 3.84. The second kappa shape index (κ2) is 4.96. The van der Waals surface area contributed by atoms with Crippen LogP contribution in [0.2, 0.25) is 0 Å². The number of amides is 1. The molecule has 1 N–H and O–H groups in total. The first-order valence-electron chi connectivity index (χ1n) is 5.74. The van der Waals surface area contributed by atoms with Crippen LogP contribution >= 0.6 is 0 Å². The molecule has 1 aromatic carbocycles. The Morgan fingerprint density at radius 1 is 1.00 bits per heavy atom. The Bertz CT molecular complexity index is 556. The zero-order chi connectivity index (χ0) is 13.1. The number of nitrogens with one attached hydrogen (secondary N) is 1. The van der Waals surface area contributed by atoms with Gasteiger partial charge in [0.15, 0.2) is 0 Å². The predicted molar refractivity (Wildman–Crippen MR) is 70.6 cm³/mol. The normalized spacial score (nSPS) is 10.2. The molecule has 18 heavy (non-hydrogen) atoms. The van der Waals surface area contributed by atoms with Gasteiger partial charge in [-0.1, -0.05) is 17.7 Å². The lowest BCUT2D eigenvalue weighted by molar-refractivity contribution is 0.102. The monoisotopic (exact) mass is 241 g/mol. The molecule has 92 valence electrons. The first-order valence-corrected chi connectivity index (χ1v) is 5.74. The summed E-state index contributed by atoms with van der Waals surface area (Å²) < 4.78 is 0. The molecule has 1 heterocycles. The van der Waals surface area contributed by atoms with E-state index in [-0.39, 0.29) is 5.91 Å². The second-order valence-corrected chi connectivity index (χ2v) is 4.24. The van der Waals surface area contributed by atoms with Crippen molar-refractivity contribution in [1.82, 2.24) is 9.97 Å². The van der Waals surface area contributed by atoms with E-state index in [1.54, 1.807) is 13.8 Å². The van der Waals surface area contributed by atoms with Crippen LogP contribution in [0.4, 0.5) is 5.69 Å². The molecule has 0 saturated heterocycles. The standard InChI is InChI=1S/C14H15N3O/c1-9-4-6-12(7-5-9)17-14(18)13-10(2)15-8-16-11(13)3/h4-8H,1-3H3,(H,17,18). The van der Waals surface area contributed by atoms with Crippen LogP contribution in [0, 0.1) is 20.8 Å². The van der Waals surface area contributed by atoms with Crippen LogP contribution < -0.4 is 5.32 Å². The van der Waals surface area contributed by atoms with Crippen molar-refractivity contribution in [3.05, 3.63) is 53.1 Å². The second-order valence-electron chi connectivity index (χ2n) is 4.24. The molecule has 2 aromatic rings. The van der Waals surface area contributed by atoms with Crippen molar-refractivity contribution in [3.63, 3.8) is 0 Å². The number of aromatic nitrogens is 2. The van der Waals surface area contributed by atoms with Crippen molar-refractivity contribution in [2.75, 3.05) is 5.32 Å². The van der Waals surface area contributed by atoms with Gasteiger partial charge >= 0.3 is 0 Å². The third-order valence-corrected chi connectivity index (χ3v) is 2.76. The number of hydrogen-bond donors (Lipinski definition) is 1. The van der Waals surface area contributed by atoms with Gasteiger partial charge in [0.05, 0.1) is 17.0 Å².